The molecule has 1 heterocycles. The van der Waals surface area contributed by atoms with Crippen LogP contribution >= 0.6 is 46.6 Å². The second kappa shape index (κ2) is 7.46. The van der Waals surface area contributed by atoms with Gasteiger partial charge in [0.15, 0.2) is 11.5 Å². The Labute approximate surface area is 146 Å². The van der Waals surface area contributed by atoms with Gasteiger partial charge in [0.05, 0.1) is 21.7 Å². The van der Waals surface area contributed by atoms with Crippen LogP contribution in [0.25, 0.3) is 6.08 Å². The van der Waals surface area contributed by atoms with Crippen molar-refractivity contribution in [2.75, 3.05) is 13.2 Å². The Bertz CT molecular complexity index is 616. The fraction of sp³-hybridized carbons (Fsp3) is 0.286. The van der Waals surface area contributed by atoms with Crippen LogP contribution in [-0.4, -0.2) is 23.4 Å². The Kier molecular flexibility index (Phi) is 5.88. The van der Waals surface area contributed by atoms with Crippen LogP contribution in [0.2, 0.25) is 0 Å². The second-order valence-electron chi connectivity index (χ2n) is 4.05. The zero-order valence-corrected chi connectivity index (χ0v) is 15.4. The lowest BCUT2D eigenvalue weighted by Gasteiger charge is -2.13. The van der Waals surface area contributed by atoms with Crippen LogP contribution in [-0.2, 0) is 4.79 Å². The van der Waals surface area contributed by atoms with E-state index in [-0.39, 0.29) is 5.91 Å². The van der Waals surface area contributed by atoms with Gasteiger partial charge in [0, 0.05) is 0 Å². The molecule has 1 amide bonds. The van der Waals surface area contributed by atoms with E-state index in [0.29, 0.717) is 28.2 Å². The fourth-order valence-corrected chi connectivity index (χ4v) is 3.62. The van der Waals surface area contributed by atoms with Crippen LogP contribution in [0.1, 0.15) is 19.4 Å². The van der Waals surface area contributed by atoms with E-state index >= 15 is 0 Å². The summed E-state index contributed by atoms with van der Waals surface area (Å²) in [4.78, 5) is 12.3. The summed E-state index contributed by atoms with van der Waals surface area (Å²) in [6.45, 7) is 4.98. The van der Waals surface area contributed by atoms with Gasteiger partial charge in [-0.05, 0) is 60.2 Å². The predicted molar refractivity (Wildman–Crippen MR) is 97.8 cm³/mol. The molecule has 0 radical (unpaired) electrons. The van der Waals surface area contributed by atoms with Crippen molar-refractivity contribution in [2.24, 2.45) is 0 Å². The first-order valence-corrected chi connectivity index (χ1v) is 8.69. The third-order valence-electron chi connectivity index (χ3n) is 2.56. The summed E-state index contributed by atoms with van der Waals surface area (Å²) < 4.78 is 12.7. The Morgan fingerprint density at radius 3 is 2.62 bits per heavy atom. The third-order valence-corrected chi connectivity index (χ3v) is 4.52. The molecule has 0 bridgehead atoms. The van der Waals surface area contributed by atoms with E-state index in [2.05, 4.69) is 27.9 Å². The number of nitrogens with one attached hydrogen (secondary N) is 1. The molecule has 0 aliphatic carbocycles. The molecule has 0 saturated carbocycles. The summed E-state index contributed by atoms with van der Waals surface area (Å²) in [5.74, 6) is 1.26. The second-order valence-corrected chi connectivity index (χ2v) is 6.93. The highest BCUT2D eigenvalue weighted by atomic mass is 127. The molecule has 1 fully saturated rings. The van der Waals surface area contributed by atoms with Crippen LogP contribution in [0.15, 0.2) is 17.0 Å². The minimum atomic E-state index is -0.160. The molecule has 1 saturated heterocycles. The first-order valence-electron chi connectivity index (χ1n) is 6.39. The molecule has 0 aromatic heterocycles. The number of ether oxygens (including phenoxy) is 2. The minimum Gasteiger partial charge on any atom is -0.490 e. The molecule has 0 unspecified atom stereocenters. The zero-order valence-electron chi connectivity index (χ0n) is 11.6. The fourth-order valence-electron chi connectivity index (χ4n) is 1.79. The number of amides is 1. The summed E-state index contributed by atoms with van der Waals surface area (Å²) in [5, 5.41) is 2.60. The van der Waals surface area contributed by atoms with Crippen molar-refractivity contribution < 1.29 is 14.3 Å². The molecule has 1 N–H and O–H groups in total. The third kappa shape index (κ3) is 4.10. The number of benzene rings is 1. The molecule has 1 aromatic rings. The SMILES string of the molecule is CCOc1cc(C=C2SC(=S)NC2=O)cc(I)c1OCC. The van der Waals surface area contributed by atoms with Gasteiger partial charge in [0.1, 0.15) is 4.32 Å². The molecule has 0 atom stereocenters. The van der Waals surface area contributed by atoms with Gasteiger partial charge in [-0.3, -0.25) is 4.79 Å². The summed E-state index contributed by atoms with van der Waals surface area (Å²) in [7, 11) is 0. The lowest BCUT2D eigenvalue weighted by Crippen LogP contribution is -2.17. The molecule has 21 heavy (non-hydrogen) atoms. The number of carbonyl (C=O) groups excluding carboxylic acids is 1. The molecule has 0 spiro atoms. The maximum absolute atomic E-state index is 11.7. The molecule has 2 rings (SSSR count). The van der Waals surface area contributed by atoms with E-state index in [9.17, 15) is 4.79 Å². The van der Waals surface area contributed by atoms with E-state index in [1.807, 2.05) is 26.0 Å². The molecule has 1 aliphatic heterocycles. The summed E-state index contributed by atoms with van der Waals surface area (Å²) in [6.07, 6.45) is 1.81. The highest BCUT2D eigenvalue weighted by Gasteiger charge is 2.22. The Morgan fingerprint density at radius 1 is 1.33 bits per heavy atom. The molecule has 112 valence electrons. The van der Waals surface area contributed by atoms with Crippen LogP contribution in [0.5, 0.6) is 11.5 Å². The first-order chi connectivity index (χ1) is 10.0. The van der Waals surface area contributed by atoms with Crippen molar-refractivity contribution >= 4 is 62.9 Å². The zero-order chi connectivity index (χ0) is 15.4. The van der Waals surface area contributed by atoms with Crippen molar-refractivity contribution in [1.82, 2.24) is 5.32 Å². The predicted octanol–water partition coefficient (Wildman–Crippen LogP) is 3.58. The van der Waals surface area contributed by atoms with Crippen LogP contribution in [0, 0.1) is 3.57 Å². The van der Waals surface area contributed by atoms with E-state index in [4.69, 9.17) is 21.7 Å². The molecule has 1 aromatic carbocycles. The number of rotatable bonds is 5. The average Bonchev–Trinajstić information content (AvgIpc) is 2.72. The molecular formula is C14H14INO3S2. The van der Waals surface area contributed by atoms with Crippen LogP contribution in [0.4, 0.5) is 0 Å². The van der Waals surface area contributed by atoms with Gasteiger partial charge in [0.2, 0.25) is 0 Å². The number of hydrogen-bond acceptors (Lipinski definition) is 5. The maximum atomic E-state index is 11.7. The molecule has 4 nitrogen and oxygen atoms in total. The maximum Gasteiger partial charge on any atom is 0.263 e. The van der Waals surface area contributed by atoms with Crippen molar-refractivity contribution in [2.45, 2.75) is 13.8 Å². The van der Waals surface area contributed by atoms with Gasteiger partial charge >= 0.3 is 0 Å². The number of thioether (sulfide) groups is 1. The normalized spacial score (nSPS) is 16.2. The van der Waals surface area contributed by atoms with Gasteiger partial charge in [-0.15, -0.1) is 0 Å². The van der Waals surface area contributed by atoms with Crippen molar-refractivity contribution in [3.8, 4) is 11.5 Å². The smallest absolute Gasteiger partial charge is 0.263 e. The lowest BCUT2D eigenvalue weighted by molar-refractivity contribution is -0.115. The Morgan fingerprint density at radius 2 is 2.05 bits per heavy atom. The van der Waals surface area contributed by atoms with Crippen molar-refractivity contribution in [1.29, 1.82) is 0 Å². The number of halogens is 1. The van der Waals surface area contributed by atoms with Gasteiger partial charge in [0.25, 0.3) is 5.91 Å². The highest BCUT2D eigenvalue weighted by molar-refractivity contribution is 14.1. The Balaban J connectivity index is 2.39. The first kappa shape index (κ1) is 16.6. The van der Waals surface area contributed by atoms with E-state index in [1.165, 1.54) is 11.8 Å². The largest absolute Gasteiger partial charge is 0.490 e. The number of hydrogen-bond donors (Lipinski definition) is 1. The van der Waals surface area contributed by atoms with Crippen molar-refractivity contribution in [3.05, 3.63) is 26.2 Å². The van der Waals surface area contributed by atoms with Crippen molar-refractivity contribution in [3.63, 3.8) is 0 Å². The highest BCUT2D eigenvalue weighted by Crippen LogP contribution is 2.36. The molecule has 1 aliphatic rings. The summed E-state index contributed by atoms with van der Waals surface area (Å²) >= 11 is 8.45. The summed E-state index contributed by atoms with van der Waals surface area (Å²) in [5.41, 5.74) is 0.883. The van der Waals surface area contributed by atoms with Crippen LogP contribution in [0.3, 0.4) is 0 Å². The van der Waals surface area contributed by atoms with E-state index < -0.39 is 0 Å². The topological polar surface area (TPSA) is 47.6 Å². The van der Waals surface area contributed by atoms with Gasteiger partial charge in [-0.2, -0.15) is 0 Å². The molecular weight excluding hydrogens is 421 g/mol. The number of thiocarbonyl (C=S) groups is 1. The number of carbonyl (C=O) groups is 1. The van der Waals surface area contributed by atoms with E-state index in [1.54, 1.807) is 6.08 Å². The quantitative estimate of drug-likeness (QED) is 0.436. The van der Waals surface area contributed by atoms with Gasteiger partial charge in [-0.1, -0.05) is 24.0 Å². The Hall–Kier alpha value is -0.800. The van der Waals surface area contributed by atoms with Crippen LogP contribution < -0.4 is 14.8 Å². The minimum absolute atomic E-state index is 0.160. The van der Waals surface area contributed by atoms with Gasteiger partial charge in [-0.25, -0.2) is 0 Å². The average molecular weight is 435 g/mol. The molecule has 7 heteroatoms. The van der Waals surface area contributed by atoms with E-state index in [0.717, 1.165) is 14.9 Å². The standard InChI is InChI=1S/C14H14INO3S2/c1-3-18-10-6-8(5-9(15)12(10)19-4-2)7-11-13(17)16-14(20)21-11/h5-7H,3-4H2,1-2H3,(H,16,17,20). The summed E-state index contributed by atoms with van der Waals surface area (Å²) in [6, 6.07) is 3.83. The van der Waals surface area contributed by atoms with Gasteiger partial charge < -0.3 is 14.8 Å². The lowest BCUT2D eigenvalue weighted by atomic mass is 10.2. The monoisotopic (exact) mass is 435 g/mol.